The molecule has 3 rings (SSSR count). The molecule has 0 heterocycles. The number of benzene rings is 1. The van der Waals surface area contributed by atoms with Gasteiger partial charge in [-0.1, -0.05) is 31.0 Å². The highest BCUT2D eigenvalue weighted by Crippen LogP contribution is 2.49. The highest BCUT2D eigenvalue weighted by Gasteiger charge is 2.37. The van der Waals surface area contributed by atoms with Gasteiger partial charge in [-0.05, 0) is 62.0 Å². The van der Waals surface area contributed by atoms with E-state index in [2.05, 4.69) is 29.6 Å². The van der Waals surface area contributed by atoms with Gasteiger partial charge in [-0.15, -0.1) is 0 Å². The third-order valence-electron chi connectivity index (χ3n) is 5.66. The second kappa shape index (κ2) is 6.83. The van der Waals surface area contributed by atoms with Crippen LogP contribution in [0, 0.1) is 5.41 Å². The van der Waals surface area contributed by atoms with Crippen molar-refractivity contribution in [3.8, 4) is 0 Å². The Balaban J connectivity index is 1.57. The molecule has 2 saturated carbocycles. The molecule has 0 unspecified atom stereocenters. The predicted octanol–water partition coefficient (Wildman–Crippen LogP) is 4.79. The second-order valence-electron chi connectivity index (χ2n) is 7.03. The zero-order valence-electron chi connectivity index (χ0n) is 13.4. The van der Waals surface area contributed by atoms with E-state index in [1.54, 1.807) is 7.11 Å². The van der Waals surface area contributed by atoms with Crippen LogP contribution in [0.2, 0.25) is 0 Å². The Kier molecular flexibility index (Phi) is 4.84. The van der Waals surface area contributed by atoms with Crippen molar-refractivity contribution >= 4 is 5.69 Å². The molecule has 1 spiro atoms. The topological polar surface area (TPSA) is 21.3 Å². The third-order valence-corrected chi connectivity index (χ3v) is 5.66. The van der Waals surface area contributed by atoms with E-state index in [9.17, 15) is 0 Å². The van der Waals surface area contributed by atoms with Gasteiger partial charge in [0.25, 0.3) is 0 Å². The average molecular weight is 287 g/mol. The van der Waals surface area contributed by atoms with E-state index in [0.29, 0.717) is 6.04 Å². The first-order valence-corrected chi connectivity index (χ1v) is 8.65. The lowest BCUT2D eigenvalue weighted by atomic mass is 9.71. The number of rotatable bonds is 5. The molecule has 1 aromatic carbocycles. The summed E-state index contributed by atoms with van der Waals surface area (Å²) in [5.74, 6) is 0. The Labute approximate surface area is 129 Å². The van der Waals surface area contributed by atoms with Crippen molar-refractivity contribution < 1.29 is 4.74 Å². The van der Waals surface area contributed by atoms with Crippen LogP contribution >= 0.6 is 0 Å². The molecule has 0 amide bonds. The summed E-state index contributed by atoms with van der Waals surface area (Å²) in [5, 5.41) is 3.81. The monoisotopic (exact) mass is 287 g/mol. The summed E-state index contributed by atoms with van der Waals surface area (Å²) < 4.78 is 5.23. The molecule has 21 heavy (non-hydrogen) atoms. The minimum atomic E-state index is 0.667. The summed E-state index contributed by atoms with van der Waals surface area (Å²) in [6.45, 7) is 0.798. The fourth-order valence-corrected chi connectivity index (χ4v) is 4.31. The summed E-state index contributed by atoms with van der Waals surface area (Å²) in [4.78, 5) is 0. The van der Waals surface area contributed by atoms with Crippen molar-refractivity contribution in [2.75, 3.05) is 19.0 Å². The van der Waals surface area contributed by atoms with E-state index in [4.69, 9.17) is 4.74 Å². The van der Waals surface area contributed by atoms with E-state index >= 15 is 0 Å². The normalized spacial score (nSPS) is 21.8. The van der Waals surface area contributed by atoms with Gasteiger partial charge in [-0.2, -0.15) is 0 Å². The lowest BCUT2D eigenvalue weighted by Crippen LogP contribution is -2.32. The van der Waals surface area contributed by atoms with Crippen molar-refractivity contribution in [2.24, 2.45) is 5.41 Å². The van der Waals surface area contributed by atoms with Crippen molar-refractivity contribution in [3.63, 3.8) is 0 Å². The molecule has 0 bridgehead atoms. The fourth-order valence-electron chi connectivity index (χ4n) is 4.31. The van der Waals surface area contributed by atoms with Gasteiger partial charge in [0.1, 0.15) is 0 Å². The van der Waals surface area contributed by atoms with Gasteiger partial charge in [-0.3, -0.25) is 0 Å². The van der Waals surface area contributed by atoms with E-state index in [-0.39, 0.29) is 0 Å². The Morgan fingerprint density at radius 1 is 1.10 bits per heavy atom. The van der Waals surface area contributed by atoms with Crippen LogP contribution in [0.3, 0.4) is 0 Å². The fraction of sp³-hybridized carbons (Fsp3) is 0.684. The summed E-state index contributed by atoms with van der Waals surface area (Å²) >= 11 is 0. The van der Waals surface area contributed by atoms with Crippen molar-refractivity contribution in [1.29, 1.82) is 0 Å². The van der Waals surface area contributed by atoms with Crippen LogP contribution in [-0.2, 0) is 11.2 Å². The summed E-state index contributed by atoms with van der Waals surface area (Å²) in [6, 6.07) is 9.39. The van der Waals surface area contributed by atoms with Gasteiger partial charge in [0.2, 0.25) is 0 Å². The standard InChI is InChI=1S/C19H29NO/c1-21-15-10-16-6-2-3-7-18(16)20-17-8-13-19(14-9-17)11-4-5-12-19/h2-3,6-7,17,20H,4-5,8-15H2,1H3. The maximum absolute atomic E-state index is 5.23. The van der Waals surface area contributed by atoms with Gasteiger partial charge < -0.3 is 10.1 Å². The van der Waals surface area contributed by atoms with Crippen LogP contribution in [0.1, 0.15) is 56.9 Å². The number of hydrogen-bond donors (Lipinski definition) is 1. The molecular formula is C19H29NO. The van der Waals surface area contributed by atoms with Gasteiger partial charge in [0, 0.05) is 18.8 Å². The molecule has 2 heteroatoms. The molecule has 1 aromatic rings. The maximum Gasteiger partial charge on any atom is 0.0503 e. The first kappa shape index (κ1) is 14.9. The minimum absolute atomic E-state index is 0.667. The Morgan fingerprint density at radius 2 is 1.81 bits per heavy atom. The maximum atomic E-state index is 5.23. The summed E-state index contributed by atoms with van der Waals surface area (Å²) in [7, 11) is 1.78. The molecular weight excluding hydrogens is 258 g/mol. The quantitative estimate of drug-likeness (QED) is 0.840. The molecule has 0 aromatic heterocycles. The van der Waals surface area contributed by atoms with Crippen molar-refractivity contribution in [3.05, 3.63) is 29.8 Å². The van der Waals surface area contributed by atoms with Crippen LogP contribution in [0.5, 0.6) is 0 Å². The molecule has 0 aliphatic heterocycles. The van der Waals surface area contributed by atoms with Crippen LogP contribution < -0.4 is 5.32 Å². The average Bonchev–Trinajstić information content (AvgIpc) is 2.97. The van der Waals surface area contributed by atoms with Crippen LogP contribution in [0.4, 0.5) is 5.69 Å². The number of hydrogen-bond acceptors (Lipinski definition) is 2. The number of methoxy groups -OCH3 is 1. The van der Waals surface area contributed by atoms with Gasteiger partial charge >= 0.3 is 0 Å². The number of anilines is 1. The Morgan fingerprint density at radius 3 is 2.52 bits per heavy atom. The van der Waals surface area contributed by atoms with Crippen molar-refractivity contribution in [1.82, 2.24) is 0 Å². The van der Waals surface area contributed by atoms with E-state index in [0.717, 1.165) is 18.4 Å². The molecule has 0 saturated heterocycles. The molecule has 116 valence electrons. The number of para-hydroxylation sites is 1. The Bertz CT molecular complexity index is 441. The van der Waals surface area contributed by atoms with Gasteiger partial charge in [0.05, 0.1) is 6.61 Å². The SMILES string of the molecule is COCCc1ccccc1NC1CCC2(CCCC2)CC1. The molecule has 2 fully saturated rings. The zero-order chi connectivity index (χ0) is 14.5. The predicted molar refractivity (Wildman–Crippen MR) is 88.8 cm³/mol. The molecule has 2 nitrogen and oxygen atoms in total. The lowest BCUT2D eigenvalue weighted by Gasteiger charge is -2.38. The van der Waals surface area contributed by atoms with Crippen LogP contribution in [0.15, 0.2) is 24.3 Å². The van der Waals surface area contributed by atoms with E-state index in [1.807, 2.05) is 0 Å². The summed E-state index contributed by atoms with van der Waals surface area (Å²) in [6.07, 6.45) is 12.5. The zero-order valence-corrected chi connectivity index (χ0v) is 13.4. The lowest BCUT2D eigenvalue weighted by molar-refractivity contribution is 0.188. The summed E-state index contributed by atoms with van der Waals surface area (Å²) in [5.41, 5.74) is 3.44. The molecule has 2 aliphatic carbocycles. The number of nitrogens with one attached hydrogen (secondary N) is 1. The van der Waals surface area contributed by atoms with Crippen LogP contribution in [0.25, 0.3) is 0 Å². The first-order chi connectivity index (χ1) is 10.3. The Hall–Kier alpha value is -1.02. The van der Waals surface area contributed by atoms with E-state index < -0.39 is 0 Å². The van der Waals surface area contributed by atoms with Crippen molar-refractivity contribution in [2.45, 2.75) is 63.8 Å². The highest BCUT2D eigenvalue weighted by molar-refractivity contribution is 5.52. The minimum Gasteiger partial charge on any atom is -0.384 e. The molecule has 1 N–H and O–H groups in total. The number of ether oxygens (including phenoxy) is 1. The van der Waals surface area contributed by atoms with Gasteiger partial charge in [-0.25, -0.2) is 0 Å². The van der Waals surface area contributed by atoms with E-state index in [1.165, 1.54) is 62.6 Å². The first-order valence-electron chi connectivity index (χ1n) is 8.65. The molecule has 0 atom stereocenters. The van der Waals surface area contributed by atoms with Crippen LogP contribution in [-0.4, -0.2) is 19.8 Å². The second-order valence-corrected chi connectivity index (χ2v) is 7.03. The van der Waals surface area contributed by atoms with Gasteiger partial charge in [0.15, 0.2) is 0 Å². The smallest absolute Gasteiger partial charge is 0.0503 e. The third kappa shape index (κ3) is 3.60. The molecule has 0 radical (unpaired) electrons. The molecule has 2 aliphatic rings. The largest absolute Gasteiger partial charge is 0.384 e. The highest BCUT2D eigenvalue weighted by atomic mass is 16.5.